The first kappa shape index (κ1) is 13.4. The van der Waals surface area contributed by atoms with Gasteiger partial charge >= 0.3 is 0 Å². The zero-order valence-electron chi connectivity index (χ0n) is 11.4. The highest BCUT2D eigenvalue weighted by Gasteiger charge is 2.15. The van der Waals surface area contributed by atoms with E-state index in [9.17, 15) is 0 Å². The Kier molecular flexibility index (Phi) is 4.28. The predicted molar refractivity (Wildman–Crippen MR) is 78.1 cm³/mol. The second kappa shape index (κ2) is 5.75. The number of hydrogen-bond donors (Lipinski definition) is 0. The molecule has 1 atom stereocenters. The van der Waals surface area contributed by atoms with Gasteiger partial charge in [-0.1, -0.05) is 32.0 Å². The van der Waals surface area contributed by atoms with Gasteiger partial charge in [0.25, 0.3) is 0 Å². The lowest BCUT2D eigenvalue weighted by molar-refractivity contribution is 0.437. The summed E-state index contributed by atoms with van der Waals surface area (Å²) >= 11 is 6.08. The maximum atomic E-state index is 6.08. The number of para-hydroxylation sites is 1. The summed E-state index contributed by atoms with van der Waals surface area (Å²) in [6, 6.07) is 8.40. The standard InChI is InChI=1S/C15H21ClN2/c1-11(2)8-12(10-16)9-14-13-6-4-5-7-15(13)18(3)17-14/h4-7,11-12H,8-10H2,1-3H3. The van der Waals surface area contributed by atoms with E-state index in [0.717, 1.165) is 12.8 Å². The van der Waals surface area contributed by atoms with Crippen LogP contribution in [0.1, 0.15) is 26.0 Å². The molecule has 18 heavy (non-hydrogen) atoms. The van der Waals surface area contributed by atoms with Crippen molar-refractivity contribution in [3.05, 3.63) is 30.0 Å². The van der Waals surface area contributed by atoms with Crippen molar-refractivity contribution in [3.63, 3.8) is 0 Å². The third kappa shape index (κ3) is 2.86. The lowest BCUT2D eigenvalue weighted by Gasteiger charge is -2.14. The maximum Gasteiger partial charge on any atom is 0.0706 e. The molecule has 2 rings (SSSR count). The molecule has 3 heteroatoms. The summed E-state index contributed by atoms with van der Waals surface area (Å²) in [4.78, 5) is 0. The van der Waals surface area contributed by atoms with Gasteiger partial charge in [-0.25, -0.2) is 0 Å². The summed E-state index contributed by atoms with van der Waals surface area (Å²) < 4.78 is 1.96. The van der Waals surface area contributed by atoms with Crippen LogP contribution in [0.25, 0.3) is 10.9 Å². The molecule has 1 aromatic heterocycles. The second-order valence-corrected chi connectivity index (χ2v) is 5.75. The molecule has 0 spiro atoms. The topological polar surface area (TPSA) is 17.8 Å². The number of aryl methyl sites for hydroxylation is 1. The first-order chi connectivity index (χ1) is 8.61. The maximum absolute atomic E-state index is 6.08. The number of benzene rings is 1. The van der Waals surface area contributed by atoms with Crippen molar-refractivity contribution in [2.75, 3.05) is 5.88 Å². The quantitative estimate of drug-likeness (QED) is 0.746. The number of nitrogens with zero attached hydrogens (tertiary/aromatic N) is 2. The van der Waals surface area contributed by atoms with Gasteiger partial charge in [0.05, 0.1) is 11.2 Å². The largest absolute Gasteiger partial charge is 0.268 e. The minimum absolute atomic E-state index is 0.518. The number of rotatable bonds is 5. The van der Waals surface area contributed by atoms with Crippen molar-refractivity contribution in [2.24, 2.45) is 18.9 Å². The average molecular weight is 265 g/mol. The minimum Gasteiger partial charge on any atom is -0.268 e. The highest BCUT2D eigenvalue weighted by Crippen LogP contribution is 2.23. The molecule has 0 amide bonds. The highest BCUT2D eigenvalue weighted by molar-refractivity contribution is 6.18. The van der Waals surface area contributed by atoms with Gasteiger partial charge in [-0.2, -0.15) is 5.10 Å². The molecule has 0 aliphatic rings. The Morgan fingerprint density at radius 1 is 1.28 bits per heavy atom. The molecule has 1 aromatic carbocycles. The van der Waals surface area contributed by atoms with Crippen molar-refractivity contribution in [1.82, 2.24) is 9.78 Å². The molecule has 0 N–H and O–H groups in total. The molecule has 0 aliphatic heterocycles. The number of halogens is 1. The fourth-order valence-corrected chi connectivity index (χ4v) is 2.82. The Morgan fingerprint density at radius 2 is 2.00 bits per heavy atom. The normalized spacial score (nSPS) is 13.4. The van der Waals surface area contributed by atoms with Crippen LogP contribution in [0.5, 0.6) is 0 Å². The number of hydrogen-bond acceptors (Lipinski definition) is 1. The van der Waals surface area contributed by atoms with E-state index in [0.29, 0.717) is 17.7 Å². The fourth-order valence-electron chi connectivity index (χ4n) is 2.58. The second-order valence-electron chi connectivity index (χ2n) is 5.44. The lowest BCUT2D eigenvalue weighted by atomic mass is 9.93. The molecule has 0 saturated heterocycles. The molecule has 0 saturated carbocycles. The zero-order chi connectivity index (χ0) is 13.1. The van der Waals surface area contributed by atoms with Crippen molar-refractivity contribution < 1.29 is 0 Å². The Balaban J connectivity index is 2.25. The summed E-state index contributed by atoms with van der Waals surface area (Å²) in [7, 11) is 2.00. The molecule has 0 bridgehead atoms. The number of alkyl halides is 1. The molecule has 0 fully saturated rings. The summed E-state index contributed by atoms with van der Waals surface area (Å²) in [6.07, 6.45) is 2.14. The summed E-state index contributed by atoms with van der Waals surface area (Å²) in [5, 5.41) is 5.91. The molecule has 1 unspecified atom stereocenters. The molecule has 98 valence electrons. The van der Waals surface area contributed by atoms with Gasteiger partial charge in [-0.3, -0.25) is 4.68 Å². The molecular weight excluding hydrogens is 244 g/mol. The Bertz CT molecular complexity index is 516. The predicted octanol–water partition coefficient (Wildman–Crippen LogP) is 4.02. The van der Waals surface area contributed by atoms with Crippen LogP contribution in [0.15, 0.2) is 24.3 Å². The van der Waals surface area contributed by atoms with Gasteiger partial charge in [0.15, 0.2) is 0 Å². The van der Waals surface area contributed by atoms with Crippen molar-refractivity contribution >= 4 is 22.5 Å². The van der Waals surface area contributed by atoms with Crippen LogP contribution < -0.4 is 0 Å². The van der Waals surface area contributed by atoms with E-state index >= 15 is 0 Å². The van der Waals surface area contributed by atoms with Crippen LogP contribution in [0, 0.1) is 11.8 Å². The van der Waals surface area contributed by atoms with Crippen molar-refractivity contribution in [1.29, 1.82) is 0 Å². The Labute approximate surface area is 114 Å². The molecule has 2 aromatic rings. The molecule has 2 nitrogen and oxygen atoms in total. The van der Waals surface area contributed by atoms with Gasteiger partial charge in [-0.15, -0.1) is 11.6 Å². The summed E-state index contributed by atoms with van der Waals surface area (Å²) in [5.74, 6) is 1.91. The van der Waals surface area contributed by atoms with Crippen LogP contribution in [0.4, 0.5) is 0 Å². The first-order valence-electron chi connectivity index (χ1n) is 6.58. The van der Waals surface area contributed by atoms with E-state index in [4.69, 9.17) is 11.6 Å². The highest BCUT2D eigenvalue weighted by atomic mass is 35.5. The first-order valence-corrected chi connectivity index (χ1v) is 7.11. The van der Waals surface area contributed by atoms with Gasteiger partial charge in [-0.05, 0) is 30.7 Å². The van der Waals surface area contributed by atoms with Gasteiger partial charge in [0.2, 0.25) is 0 Å². The summed E-state index contributed by atoms with van der Waals surface area (Å²) in [5.41, 5.74) is 2.38. The smallest absolute Gasteiger partial charge is 0.0706 e. The van der Waals surface area contributed by atoms with E-state index in [-0.39, 0.29) is 0 Å². The van der Waals surface area contributed by atoms with Crippen LogP contribution in [0.2, 0.25) is 0 Å². The van der Waals surface area contributed by atoms with E-state index in [2.05, 4.69) is 43.2 Å². The van der Waals surface area contributed by atoms with Crippen LogP contribution in [-0.2, 0) is 13.5 Å². The van der Waals surface area contributed by atoms with E-state index < -0.39 is 0 Å². The molecule has 1 heterocycles. The molecule has 0 radical (unpaired) electrons. The van der Waals surface area contributed by atoms with Crippen molar-refractivity contribution in [2.45, 2.75) is 26.7 Å². The average Bonchev–Trinajstić information content (AvgIpc) is 2.66. The van der Waals surface area contributed by atoms with Crippen LogP contribution in [-0.4, -0.2) is 15.7 Å². The Hall–Kier alpha value is -1.02. The van der Waals surface area contributed by atoms with Gasteiger partial charge in [0.1, 0.15) is 0 Å². The Morgan fingerprint density at radius 3 is 2.67 bits per heavy atom. The number of aromatic nitrogens is 2. The zero-order valence-corrected chi connectivity index (χ0v) is 12.1. The molecular formula is C15H21ClN2. The minimum atomic E-state index is 0.518. The fraction of sp³-hybridized carbons (Fsp3) is 0.533. The van der Waals surface area contributed by atoms with E-state index in [1.807, 2.05) is 11.7 Å². The van der Waals surface area contributed by atoms with Gasteiger partial charge in [0, 0.05) is 18.3 Å². The van der Waals surface area contributed by atoms with Crippen molar-refractivity contribution in [3.8, 4) is 0 Å². The lowest BCUT2D eigenvalue weighted by Crippen LogP contribution is -2.10. The number of fused-ring (bicyclic) bond motifs is 1. The molecule has 0 aliphatic carbocycles. The van der Waals surface area contributed by atoms with Gasteiger partial charge < -0.3 is 0 Å². The monoisotopic (exact) mass is 264 g/mol. The van der Waals surface area contributed by atoms with E-state index in [1.54, 1.807) is 0 Å². The van der Waals surface area contributed by atoms with E-state index in [1.165, 1.54) is 16.6 Å². The van der Waals surface area contributed by atoms with Crippen LogP contribution >= 0.6 is 11.6 Å². The van der Waals surface area contributed by atoms with Crippen LogP contribution in [0.3, 0.4) is 0 Å². The third-order valence-corrected chi connectivity index (χ3v) is 3.78. The third-order valence-electron chi connectivity index (χ3n) is 3.34. The SMILES string of the molecule is CC(C)CC(CCl)Cc1nn(C)c2ccccc12. The summed E-state index contributed by atoms with van der Waals surface area (Å²) in [6.45, 7) is 4.49.